The van der Waals surface area contributed by atoms with Crippen LogP contribution >= 0.6 is 0 Å². The van der Waals surface area contributed by atoms with Crippen LogP contribution in [0.1, 0.15) is 18.9 Å². The van der Waals surface area contributed by atoms with Crippen LogP contribution in [0.2, 0.25) is 0 Å². The van der Waals surface area contributed by atoms with Gasteiger partial charge in [0.1, 0.15) is 0 Å². The lowest BCUT2D eigenvalue weighted by atomic mass is 10.1. The number of aryl methyl sites for hydroxylation is 1. The maximum absolute atomic E-state index is 11.2. The second kappa shape index (κ2) is 6.65. The zero-order chi connectivity index (χ0) is 12.7. The Morgan fingerprint density at radius 3 is 2.47 bits per heavy atom. The molecular formula is C12H17N3O2. The number of carbonyl (C=O) groups excluding carboxylic acids is 2. The first-order chi connectivity index (χ1) is 8.13. The number of hydrazine groups is 1. The molecule has 0 aliphatic heterocycles. The molecule has 0 heterocycles. The van der Waals surface area contributed by atoms with Crippen molar-refractivity contribution >= 4 is 11.8 Å². The average molecular weight is 235 g/mol. The van der Waals surface area contributed by atoms with Gasteiger partial charge >= 0.3 is 11.8 Å². The van der Waals surface area contributed by atoms with Crippen LogP contribution in [0.15, 0.2) is 30.3 Å². The first-order valence-corrected chi connectivity index (χ1v) is 5.49. The smallest absolute Gasteiger partial charge is 0.323 e. The molecule has 92 valence electrons. The summed E-state index contributed by atoms with van der Waals surface area (Å²) in [5.74, 6) is 3.33. The molecule has 1 rings (SSSR count). The lowest BCUT2D eigenvalue weighted by molar-refractivity contribution is -0.139. The molecule has 0 bridgehead atoms. The summed E-state index contributed by atoms with van der Waals surface area (Å²) >= 11 is 0. The van der Waals surface area contributed by atoms with Crippen LogP contribution in [0.4, 0.5) is 0 Å². The molecule has 1 atom stereocenters. The number of amides is 2. The number of carbonyl (C=O) groups is 2. The fourth-order valence-corrected chi connectivity index (χ4v) is 1.45. The van der Waals surface area contributed by atoms with Gasteiger partial charge in [0.15, 0.2) is 0 Å². The maximum atomic E-state index is 11.2. The first-order valence-electron chi connectivity index (χ1n) is 5.49. The molecule has 17 heavy (non-hydrogen) atoms. The quantitative estimate of drug-likeness (QED) is 0.300. The molecule has 0 saturated heterocycles. The van der Waals surface area contributed by atoms with Crippen molar-refractivity contribution in [3.63, 3.8) is 0 Å². The summed E-state index contributed by atoms with van der Waals surface area (Å²) in [6, 6.07) is 9.89. The van der Waals surface area contributed by atoms with Gasteiger partial charge in [-0.2, -0.15) is 0 Å². The summed E-state index contributed by atoms with van der Waals surface area (Å²) < 4.78 is 0. The van der Waals surface area contributed by atoms with E-state index in [4.69, 9.17) is 5.84 Å². The van der Waals surface area contributed by atoms with Gasteiger partial charge in [-0.15, -0.1) is 0 Å². The molecule has 0 aliphatic carbocycles. The Bertz CT molecular complexity index is 379. The van der Waals surface area contributed by atoms with E-state index in [0.717, 1.165) is 12.8 Å². The van der Waals surface area contributed by atoms with Crippen LogP contribution in [0, 0.1) is 0 Å². The summed E-state index contributed by atoms with van der Waals surface area (Å²) in [4.78, 5) is 22.1. The van der Waals surface area contributed by atoms with Gasteiger partial charge in [-0.05, 0) is 25.3 Å². The molecule has 0 aliphatic rings. The molecule has 0 spiro atoms. The second-order valence-electron chi connectivity index (χ2n) is 3.87. The molecule has 1 unspecified atom stereocenters. The van der Waals surface area contributed by atoms with E-state index in [9.17, 15) is 9.59 Å². The van der Waals surface area contributed by atoms with Crippen molar-refractivity contribution in [3.8, 4) is 0 Å². The summed E-state index contributed by atoms with van der Waals surface area (Å²) in [5.41, 5.74) is 3.00. The predicted octanol–water partition coefficient (Wildman–Crippen LogP) is 0.114. The van der Waals surface area contributed by atoms with Gasteiger partial charge in [-0.1, -0.05) is 30.3 Å². The van der Waals surface area contributed by atoms with E-state index >= 15 is 0 Å². The Morgan fingerprint density at radius 2 is 1.88 bits per heavy atom. The van der Waals surface area contributed by atoms with Crippen LogP contribution in [0.5, 0.6) is 0 Å². The Kier molecular flexibility index (Phi) is 5.16. The minimum atomic E-state index is -0.823. The monoisotopic (exact) mass is 235 g/mol. The zero-order valence-corrected chi connectivity index (χ0v) is 9.77. The SMILES string of the molecule is CC(CCc1ccccc1)NC(=O)C(=O)NN. The number of hydrogen-bond acceptors (Lipinski definition) is 3. The van der Waals surface area contributed by atoms with E-state index in [1.165, 1.54) is 5.56 Å². The first kappa shape index (κ1) is 13.2. The molecule has 1 aromatic carbocycles. The Balaban J connectivity index is 2.33. The highest BCUT2D eigenvalue weighted by Crippen LogP contribution is 2.04. The van der Waals surface area contributed by atoms with Crippen LogP contribution in [-0.4, -0.2) is 17.9 Å². The van der Waals surface area contributed by atoms with Gasteiger partial charge in [0.05, 0.1) is 0 Å². The highest BCUT2D eigenvalue weighted by Gasteiger charge is 2.14. The third-order valence-corrected chi connectivity index (χ3v) is 2.42. The van der Waals surface area contributed by atoms with Crippen molar-refractivity contribution in [1.82, 2.24) is 10.7 Å². The normalized spacial score (nSPS) is 11.6. The Hall–Kier alpha value is -1.88. The largest absolute Gasteiger partial charge is 0.345 e. The fourth-order valence-electron chi connectivity index (χ4n) is 1.45. The maximum Gasteiger partial charge on any atom is 0.323 e. The number of nitrogens with one attached hydrogen (secondary N) is 2. The van der Waals surface area contributed by atoms with E-state index in [-0.39, 0.29) is 6.04 Å². The summed E-state index contributed by atoms with van der Waals surface area (Å²) in [7, 11) is 0. The van der Waals surface area contributed by atoms with Crippen LogP contribution < -0.4 is 16.6 Å². The molecule has 0 saturated carbocycles. The van der Waals surface area contributed by atoms with Crippen LogP contribution in [-0.2, 0) is 16.0 Å². The van der Waals surface area contributed by atoms with Crippen molar-refractivity contribution in [2.24, 2.45) is 5.84 Å². The minimum absolute atomic E-state index is 0.0694. The summed E-state index contributed by atoms with van der Waals surface area (Å²) in [6.07, 6.45) is 1.63. The third-order valence-electron chi connectivity index (χ3n) is 2.42. The molecule has 2 amide bonds. The van der Waals surface area contributed by atoms with Crippen LogP contribution in [0.3, 0.4) is 0 Å². The molecule has 4 N–H and O–H groups in total. The van der Waals surface area contributed by atoms with E-state index in [1.807, 2.05) is 37.3 Å². The van der Waals surface area contributed by atoms with Gasteiger partial charge in [-0.25, -0.2) is 5.84 Å². The zero-order valence-electron chi connectivity index (χ0n) is 9.77. The predicted molar refractivity (Wildman–Crippen MR) is 64.7 cm³/mol. The van der Waals surface area contributed by atoms with Gasteiger partial charge in [-0.3, -0.25) is 15.0 Å². The molecule has 5 nitrogen and oxygen atoms in total. The molecule has 0 aromatic heterocycles. The lowest BCUT2D eigenvalue weighted by Gasteiger charge is -2.12. The van der Waals surface area contributed by atoms with Gasteiger partial charge in [0.25, 0.3) is 0 Å². The minimum Gasteiger partial charge on any atom is -0.345 e. The van der Waals surface area contributed by atoms with Crippen molar-refractivity contribution in [1.29, 1.82) is 0 Å². The fraction of sp³-hybridized carbons (Fsp3) is 0.333. The van der Waals surface area contributed by atoms with Crippen molar-refractivity contribution in [2.75, 3.05) is 0 Å². The molecule has 0 fully saturated rings. The Morgan fingerprint density at radius 1 is 1.24 bits per heavy atom. The van der Waals surface area contributed by atoms with Crippen molar-refractivity contribution in [2.45, 2.75) is 25.8 Å². The third kappa shape index (κ3) is 4.65. The van der Waals surface area contributed by atoms with Gasteiger partial charge in [0.2, 0.25) is 0 Å². The summed E-state index contributed by atoms with van der Waals surface area (Å²) in [6.45, 7) is 1.85. The van der Waals surface area contributed by atoms with Gasteiger partial charge in [0, 0.05) is 6.04 Å². The van der Waals surface area contributed by atoms with E-state index in [1.54, 1.807) is 5.43 Å². The van der Waals surface area contributed by atoms with E-state index < -0.39 is 11.8 Å². The highest BCUT2D eigenvalue weighted by atomic mass is 16.2. The number of hydrogen-bond donors (Lipinski definition) is 3. The molecule has 1 aromatic rings. The lowest BCUT2D eigenvalue weighted by Crippen LogP contribution is -2.46. The molecule has 0 radical (unpaired) electrons. The Labute approximate surface area is 100 Å². The van der Waals surface area contributed by atoms with Crippen molar-refractivity contribution < 1.29 is 9.59 Å². The number of nitrogens with two attached hydrogens (primary N) is 1. The average Bonchev–Trinajstić information content (AvgIpc) is 2.36. The summed E-state index contributed by atoms with van der Waals surface area (Å²) in [5, 5.41) is 2.57. The highest BCUT2D eigenvalue weighted by molar-refractivity contribution is 6.34. The van der Waals surface area contributed by atoms with Crippen molar-refractivity contribution in [3.05, 3.63) is 35.9 Å². The van der Waals surface area contributed by atoms with Gasteiger partial charge < -0.3 is 5.32 Å². The number of rotatable bonds is 4. The topological polar surface area (TPSA) is 84.2 Å². The standard InChI is InChI=1S/C12H17N3O2/c1-9(14-11(16)12(17)15-13)7-8-10-5-3-2-4-6-10/h2-6,9H,7-8,13H2,1H3,(H,14,16)(H,15,17). The number of benzene rings is 1. The second-order valence-corrected chi connectivity index (χ2v) is 3.87. The van der Waals surface area contributed by atoms with E-state index in [0.29, 0.717) is 0 Å². The molecule has 5 heteroatoms. The molecular weight excluding hydrogens is 218 g/mol. The van der Waals surface area contributed by atoms with Crippen LogP contribution in [0.25, 0.3) is 0 Å². The van der Waals surface area contributed by atoms with E-state index in [2.05, 4.69) is 5.32 Å².